The fourth-order valence-corrected chi connectivity index (χ4v) is 3.19. The van der Waals surface area contributed by atoms with E-state index in [1.807, 2.05) is 4.72 Å². The van der Waals surface area contributed by atoms with Crippen molar-refractivity contribution in [1.82, 2.24) is 0 Å². The average molecular weight is 401 g/mol. The van der Waals surface area contributed by atoms with Crippen molar-refractivity contribution in [2.45, 2.75) is 4.90 Å². The van der Waals surface area contributed by atoms with Gasteiger partial charge in [0.05, 0.1) is 15.6 Å². The minimum Gasteiger partial charge on any atom is -0.279 e. The number of halogens is 5. The maximum Gasteiger partial charge on any atom is 0.261 e. The van der Waals surface area contributed by atoms with Gasteiger partial charge in [-0.1, -0.05) is 11.6 Å². The predicted octanol–water partition coefficient (Wildman–Crippen LogP) is 4.32. The van der Waals surface area contributed by atoms with Crippen LogP contribution in [0.4, 0.5) is 18.9 Å². The van der Waals surface area contributed by atoms with Gasteiger partial charge in [-0.15, -0.1) is 0 Å². The zero-order chi connectivity index (χ0) is 15.8. The molecule has 0 atom stereocenters. The van der Waals surface area contributed by atoms with Crippen molar-refractivity contribution < 1.29 is 21.6 Å². The van der Waals surface area contributed by atoms with Gasteiger partial charge in [0.1, 0.15) is 0 Å². The lowest BCUT2D eigenvalue weighted by molar-refractivity contribution is 0.448. The third kappa shape index (κ3) is 3.50. The zero-order valence-corrected chi connectivity index (χ0v) is 13.2. The first-order chi connectivity index (χ1) is 9.70. The monoisotopic (exact) mass is 399 g/mol. The van der Waals surface area contributed by atoms with E-state index >= 15 is 0 Å². The van der Waals surface area contributed by atoms with Crippen molar-refractivity contribution in [2.24, 2.45) is 0 Å². The number of benzene rings is 2. The normalized spacial score (nSPS) is 11.5. The van der Waals surface area contributed by atoms with Gasteiger partial charge in [0.25, 0.3) is 10.0 Å². The minimum absolute atomic E-state index is 0.177. The van der Waals surface area contributed by atoms with Gasteiger partial charge in [-0.3, -0.25) is 4.72 Å². The molecule has 112 valence electrons. The van der Waals surface area contributed by atoms with Crippen LogP contribution in [-0.2, 0) is 10.0 Å². The van der Waals surface area contributed by atoms with E-state index in [0.29, 0.717) is 21.6 Å². The van der Waals surface area contributed by atoms with Crippen molar-refractivity contribution in [1.29, 1.82) is 0 Å². The van der Waals surface area contributed by atoms with Gasteiger partial charge < -0.3 is 0 Å². The topological polar surface area (TPSA) is 46.2 Å². The van der Waals surface area contributed by atoms with E-state index in [9.17, 15) is 21.6 Å². The average Bonchev–Trinajstić information content (AvgIpc) is 2.38. The van der Waals surface area contributed by atoms with E-state index in [4.69, 9.17) is 11.6 Å². The number of hydrogen-bond acceptors (Lipinski definition) is 2. The Morgan fingerprint density at radius 3 is 2.14 bits per heavy atom. The summed E-state index contributed by atoms with van der Waals surface area (Å²) in [5.41, 5.74) is -0.433. The molecule has 2 rings (SSSR count). The second kappa shape index (κ2) is 5.86. The molecule has 0 spiro atoms. The first-order valence-corrected chi connectivity index (χ1v) is 7.98. The predicted molar refractivity (Wildman–Crippen MR) is 76.3 cm³/mol. The fourth-order valence-electron chi connectivity index (χ4n) is 1.47. The van der Waals surface area contributed by atoms with Crippen molar-refractivity contribution in [2.75, 3.05) is 4.72 Å². The van der Waals surface area contributed by atoms with Crippen LogP contribution in [0.3, 0.4) is 0 Å². The Labute approximate surface area is 131 Å². The molecule has 0 aromatic heterocycles. The Balaban J connectivity index is 2.39. The Morgan fingerprint density at radius 2 is 1.62 bits per heavy atom. The molecule has 0 heterocycles. The van der Waals surface area contributed by atoms with Crippen molar-refractivity contribution in [3.8, 4) is 0 Å². The van der Waals surface area contributed by atoms with Crippen LogP contribution in [0.1, 0.15) is 0 Å². The molecule has 21 heavy (non-hydrogen) atoms. The SMILES string of the molecule is O=S(=O)(Nc1cc(F)c(F)c(F)c1)c1ccc(Cl)c(Br)c1. The van der Waals surface area contributed by atoms with Gasteiger partial charge >= 0.3 is 0 Å². The summed E-state index contributed by atoms with van der Waals surface area (Å²) in [7, 11) is -4.09. The highest BCUT2D eigenvalue weighted by Gasteiger charge is 2.18. The summed E-state index contributed by atoms with van der Waals surface area (Å²) in [6.45, 7) is 0. The zero-order valence-electron chi connectivity index (χ0n) is 10.0. The molecule has 3 nitrogen and oxygen atoms in total. The molecule has 0 unspecified atom stereocenters. The molecule has 9 heteroatoms. The van der Waals surface area contributed by atoms with E-state index in [-0.39, 0.29) is 4.90 Å². The third-order valence-electron chi connectivity index (χ3n) is 2.44. The van der Waals surface area contributed by atoms with Gasteiger partial charge in [-0.25, -0.2) is 21.6 Å². The van der Waals surface area contributed by atoms with Gasteiger partial charge in [0.2, 0.25) is 0 Å². The van der Waals surface area contributed by atoms with Gasteiger partial charge in [0.15, 0.2) is 17.5 Å². The Morgan fingerprint density at radius 1 is 1.05 bits per heavy atom. The van der Waals surface area contributed by atoms with Crippen LogP contribution < -0.4 is 4.72 Å². The molecule has 2 aromatic carbocycles. The van der Waals surface area contributed by atoms with E-state index in [2.05, 4.69) is 15.9 Å². The molecular formula is C12H6BrClF3NO2S. The van der Waals surface area contributed by atoms with E-state index in [1.165, 1.54) is 18.2 Å². The molecule has 0 aliphatic rings. The maximum absolute atomic E-state index is 13.1. The van der Waals surface area contributed by atoms with Crippen LogP contribution in [0, 0.1) is 17.5 Å². The molecular weight excluding hydrogens is 395 g/mol. The highest BCUT2D eigenvalue weighted by molar-refractivity contribution is 9.10. The number of anilines is 1. The largest absolute Gasteiger partial charge is 0.279 e. The highest BCUT2D eigenvalue weighted by Crippen LogP contribution is 2.27. The maximum atomic E-state index is 13.1. The quantitative estimate of drug-likeness (QED) is 0.780. The van der Waals surface area contributed by atoms with Crippen molar-refractivity contribution >= 4 is 43.2 Å². The molecule has 1 N–H and O–H groups in total. The second-order valence-electron chi connectivity index (χ2n) is 3.94. The molecule has 0 fully saturated rings. The molecule has 0 saturated carbocycles. The van der Waals surface area contributed by atoms with E-state index in [1.54, 1.807) is 0 Å². The number of sulfonamides is 1. The van der Waals surface area contributed by atoms with Crippen molar-refractivity contribution in [3.05, 3.63) is 57.3 Å². The lowest BCUT2D eigenvalue weighted by Gasteiger charge is -2.09. The molecule has 0 aliphatic heterocycles. The van der Waals surface area contributed by atoms with Crippen LogP contribution in [0.25, 0.3) is 0 Å². The highest BCUT2D eigenvalue weighted by atomic mass is 79.9. The standard InChI is InChI=1S/C12H6BrClF3NO2S/c13-8-5-7(1-2-9(8)14)21(19,20)18-6-3-10(15)12(17)11(16)4-6/h1-5,18H. The fraction of sp³-hybridized carbons (Fsp3) is 0. The molecule has 0 saturated heterocycles. The lowest BCUT2D eigenvalue weighted by atomic mass is 10.3. The summed E-state index contributed by atoms with van der Waals surface area (Å²) in [5.74, 6) is -4.66. The summed E-state index contributed by atoms with van der Waals surface area (Å²) in [6, 6.07) is 4.86. The Hall–Kier alpha value is -1.25. The molecule has 0 radical (unpaired) electrons. The first-order valence-electron chi connectivity index (χ1n) is 5.33. The summed E-state index contributed by atoms with van der Waals surface area (Å²) in [5, 5.41) is 0.299. The number of rotatable bonds is 3. The van der Waals surface area contributed by atoms with E-state index < -0.39 is 33.2 Å². The number of hydrogen-bond donors (Lipinski definition) is 1. The number of nitrogens with one attached hydrogen (secondary N) is 1. The van der Waals surface area contributed by atoms with Gasteiger partial charge in [0, 0.05) is 16.6 Å². The Bertz CT molecular complexity index is 791. The van der Waals surface area contributed by atoms with Gasteiger partial charge in [-0.05, 0) is 34.1 Å². The third-order valence-corrected chi connectivity index (χ3v) is 5.03. The van der Waals surface area contributed by atoms with Crippen LogP contribution in [0.15, 0.2) is 39.7 Å². The summed E-state index contributed by atoms with van der Waals surface area (Å²) in [6.07, 6.45) is 0. The molecule has 0 bridgehead atoms. The first kappa shape index (κ1) is 16.1. The lowest BCUT2D eigenvalue weighted by Crippen LogP contribution is -2.13. The van der Waals surface area contributed by atoms with Crippen LogP contribution in [-0.4, -0.2) is 8.42 Å². The van der Waals surface area contributed by atoms with Crippen LogP contribution >= 0.6 is 27.5 Å². The van der Waals surface area contributed by atoms with E-state index in [0.717, 1.165) is 0 Å². The van der Waals surface area contributed by atoms with Gasteiger partial charge in [-0.2, -0.15) is 0 Å². The summed E-state index contributed by atoms with van der Waals surface area (Å²) >= 11 is 8.81. The van der Waals surface area contributed by atoms with Crippen LogP contribution in [0.5, 0.6) is 0 Å². The molecule has 0 amide bonds. The smallest absolute Gasteiger partial charge is 0.261 e. The molecule has 0 aliphatic carbocycles. The summed E-state index contributed by atoms with van der Waals surface area (Å²) in [4.78, 5) is -0.177. The summed E-state index contributed by atoms with van der Waals surface area (Å²) < 4.78 is 65.3. The van der Waals surface area contributed by atoms with Crippen molar-refractivity contribution in [3.63, 3.8) is 0 Å². The minimum atomic E-state index is -4.09. The Kier molecular flexibility index (Phi) is 4.50. The molecule has 2 aromatic rings. The van der Waals surface area contributed by atoms with Crippen LogP contribution in [0.2, 0.25) is 5.02 Å². The second-order valence-corrected chi connectivity index (χ2v) is 6.88.